The number of hydrogen-bond acceptors (Lipinski definition) is 5. The largest absolute Gasteiger partial charge is 0.496 e. The van der Waals surface area contributed by atoms with Crippen LogP contribution in [0.2, 0.25) is 10.0 Å². The van der Waals surface area contributed by atoms with Gasteiger partial charge in [0.1, 0.15) is 11.3 Å². The van der Waals surface area contributed by atoms with Gasteiger partial charge in [0.05, 0.1) is 24.5 Å². The Hall–Kier alpha value is -3.11. The number of carbonyl (C=O) groups is 2. The van der Waals surface area contributed by atoms with E-state index in [4.69, 9.17) is 27.9 Å². The summed E-state index contributed by atoms with van der Waals surface area (Å²) in [4.78, 5) is 25.2. The summed E-state index contributed by atoms with van der Waals surface area (Å²) in [6.07, 6.45) is 0.333. The van der Waals surface area contributed by atoms with Crippen molar-refractivity contribution in [2.24, 2.45) is 0 Å². The Morgan fingerprint density at radius 1 is 1.08 bits per heavy atom. The normalized spacial score (nSPS) is 18.5. The third-order valence-corrected chi connectivity index (χ3v) is 9.34. The van der Waals surface area contributed by atoms with Crippen molar-refractivity contribution in [3.05, 3.63) is 82.3 Å². The second-order valence-corrected chi connectivity index (χ2v) is 12.2. The number of carbonyl (C=O) groups excluding carboxylic acids is 1. The predicted octanol–water partition coefficient (Wildman–Crippen LogP) is 5.54. The van der Waals surface area contributed by atoms with Gasteiger partial charge in [0.15, 0.2) is 0 Å². The van der Waals surface area contributed by atoms with Crippen LogP contribution >= 0.6 is 23.2 Å². The standard InChI is InChI=1S/C28H28Cl2N2O6S/c1-28(12-5-13-32(28)39(36,37)22-15-20(29)14-21(30)16-22)27(35)31-24(17-26(33)34)19-10-8-18(9-11-19)23-6-3-4-7-25(23)38-2/h3-4,6-11,14-16,24H,5,12-13,17H2,1-2H3,(H,31,35)(H,33,34)/t24-,28+/m1/s1. The molecule has 4 rings (SSSR count). The summed E-state index contributed by atoms with van der Waals surface area (Å²) in [5, 5.41) is 12.7. The Morgan fingerprint density at radius 2 is 1.72 bits per heavy atom. The molecular formula is C28H28Cl2N2O6S. The summed E-state index contributed by atoms with van der Waals surface area (Å²) in [5.74, 6) is -1.00. The summed E-state index contributed by atoms with van der Waals surface area (Å²) in [6, 6.07) is 17.8. The molecule has 0 aromatic heterocycles. The molecule has 0 saturated carbocycles. The number of sulfonamides is 1. The molecule has 206 valence electrons. The van der Waals surface area contributed by atoms with Crippen molar-refractivity contribution in [3.63, 3.8) is 0 Å². The highest BCUT2D eigenvalue weighted by Crippen LogP contribution is 2.37. The molecule has 1 aliphatic heterocycles. The van der Waals surface area contributed by atoms with Crippen LogP contribution in [0.3, 0.4) is 0 Å². The number of rotatable bonds is 9. The van der Waals surface area contributed by atoms with E-state index in [-0.39, 0.29) is 34.3 Å². The number of benzene rings is 3. The van der Waals surface area contributed by atoms with Gasteiger partial charge in [0.25, 0.3) is 0 Å². The van der Waals surface area contributed by atoms with Crippen molar-refractivity contribution in [2.75, 3.05) is 13.7 Å². The molecule has 3 aromatic rings. The van der Waals surface area contributed by atoms with Crippen LogP contribution in [0.5, 0.6) is 5.75 Å². The molecule has 0 radical (unpaired) electrons. The lowest BCUT2D eigenvalue weighted by Gasteiger charge is -2.34. The average Bonchev–Trinajstić information content (AvgIpc) is 3.31. The molecule has 1 heterocycles. The molecule has 3 aromatic carbocycles. The van der Waals surface area contributed by atoms with Gasteiger partial charge in [-0.25, -0.2) is 8.42 Å². The molecule has 0 bridgehead atoms. The predicted molar refractivity (Wildman–Crippen MR) is 150 cm³/mol. The Balaban J connectivity index is 1.61. The second-order valence-electron chi connectivity index (χ2n) is 9.51. The van der Waals surface area contributed by atoms with Crippen LogP contribution in [0, 0.1) is 0 Å². The molecular weight excluding hydrogens is 563 g/mol. The highest BCUT2D eigenvalue weighted by atomic mass is 35.5. The van der Waals surface area contributed by atoms with Crippen molar-refractivity contribution in [2.45, 2.75) is 42.7 Å². The maximum absolute atomic E-state index is 13.6. The Bertz CT molecular complexity index is 1480. The number of aliphatic carboxylic acids is 1. The molecule has 0 unspecified atom stereocenters. The molecule has 1 fully saturated rings. The third-order valence-electron chi connectivity index (χ3n) is 6.90. The number of carboxylic acids is 1. The molecule has 0 aliphatic carbocycles. The molecule has 1 amide bonds. The zero-order chi connectivity index (χ0) is 28.4. The first-order valence-corrected chi connectivity index (χ1v) is 14.4. The number of nitrogens with one attached hydrogen (secondary N) is 1. The first-order chi connectivity index (χ1) is 18.5. The molecule has 0 spiro atoms. The van der Waals surface area contributed by atoms with Gasteiger partial charge in [-0.3, -0.25) is 9.59 Å². The van der Waals surface area contributed by atoms with Crippen molar-refractivity contribution in [1.29, 1.82) is 0 Å². The first-order valence-electron chi connectivity index (χ1n) is 12.2. The molecule has 11 heteroatoms. The zero-order valence-electron chi connectivity index (χ0n) is 21.4. The number of amides is 1. The lowest BCUT2D eigenvalue weighted by Crippen LogP contribution is -2.55. The fourth-order valence-electron chi connectivity index (χ4n) is 4.87. The highest BCUT2D eigenvalue weighted by Gasteiger charge is 2.50. The van der Waals surface area contributed by atoms with Crippen molar-refractivity contribution in [1.82, 2.24) is 9.62 Å². The van der Waals surface area contributed by atoms with Crippen molar-refractivity contribution >= 4 is 45.1 Å². The summed E-state index contributed by atoms with van der Waals surface area (Å²) in [5.41, 5.74) is 0.853. The molecule has 2 N–H and O–H groups in total. The van der Waals surface area contributed by atoms with E-state index in [1.807, 2.05) is 36.4 Å². The van der Waals surface area contributed by atoms with Gasteiger partial charge >= 0.3 is 5.97 Å². The summed E-state index contributed by atoms with van der Waals surface area (Å²) >= 11 is 12.1. The van der Waals surface area contributed by atoms with E-state index < -0.39 is 33.5 Å². The smallest absolute Gasteiger partial charge is 0.305 e. The first kappa shape index (κ1) is 28.9. The van der Waals surface area contributed by atoms with Gasteiger partial charge in [-0.1, -0.05) is 65.7 Å². The fraction of sp³-hybridized carbons (Fsp3) is 0.286. The van der Waals surface area contributed by atoms with Gasteiger partial charge in [0, 0.05) is 22.2 Å². The Kier molecular flexibility index (Phi) is 8.56. The quantitative estimate of drug-likeness (QED) is 0.338. The molecule has 1 saturated heterocycles. The minimum absolute atomic E-state index is 0.116. The molecule has 2 atom stereocenters. The van der Waals surface area contributed by atoms with Crippen LogP contribution in [0.15, 0.2) is 71.6 Å². The third kappa shape index (κ3) is 6.06. The molecule has 39 heavy (non-hydrogen) atoms. The van der Waals surface area contributed by atoms with Crippen LogP contribution in [0.4, 0.5) is 0 Å². The van der Waals surface area contributed by atoms with E-state index in [0.29, 0.717) is 17.7 Å². The highest BCUT2D eigenvalue weighted by molar-refractivity contribution is 7.89. The minimum Gasteiger partial charge on any atom is -0.496 e. The number of ether oxygens (including phenoxy) is 1. The zero-order valence-corrected chi connectivity index (χ0v) is 23.7. The monoisotopic (exact) mass is 590 g/mol. The van der Waals surface area contributed by atoms with Crippen LogP contribution < -0.4 is 10.1 Å². The Morgan fingerprint density at radius 3 is 2.33 bits per heavy atom. The van der Waals surface area contributed by atoms with Crippen molar-refractivity contribution in [3.8, 4) is 16.9 Å². The van der Waals surface area contributed by atoms with E-state index in [1.165, 1.54) is 18.2 Å². The summed E-state index contributed by atoms with van der Waals surface area (Å²) in [7, 11) is -2.54. The Labute approximate surface area is 237 Å². The van der Waals surface area contributed by atoms with Crippen LogP contribution in [0.25, 0.3) is 11.1 Å². The number of nitrogens with zero attached hydrogens (tertiary/aromatic N) is 1. The lowest BCUT2D eigenvalue weighted by molar-refractivity contribution is -0.138. The van der Waals surface area contributed by atoms with Crippen LogP contribution in [-0.2, 0) is 19.6 Å². The van der Waals surface area contributed by atoms with E-state index in [2.05, 4.69) is 5.32 Å². The maximum Gasteiger partial charge on any atom is 0.305 e. The number of para-hydroxylation sites is 1. The second kappa shape index (κ2) is 11.6. The van der Waals surface area contributed by atoms with Crippen LogP contribution in [0.1, 0.15) is 37.8 Å². The summed E-state index contributed by atoms with van der Waals surface area (Å²) < 4.78 is 33.7. The van der Waals surface area contributed by atoms with Gasteiger partial charge < -0.3 is 15.2 Å². The number of halogens is 2. The molecule has 1 aliphatic rings. The van der Waals surface area contributed by atoms with Gasteiger partial charge in [-0.2, -0.15) is 4.31 Å². The lowest BCUT2D eigenvalue weighted by atomic mass is 9.95. The van der Waals surface area contributed by atoms with Gasteiger partial charge in [-0.05, 0) is 55.2 Å². The topological polar surface area (TPSA) is 113 Å². The van der Waals surface area contributed by atoms with E-state index >= 15 is 0 Å². The van der Waals surface area contributed by atoms with Crippen molar-refractivity contribution < 1.29 is 27.9 Å². The maximum atomic E-state index is 13.6. The van der Waals surface area contributed by atoms with Gasteiger partial charge in [0.2, 0.25) is 15.9 Å². The minimum atomic E-state index is -4.13. The van der Waals surface area contributed by atoms with E-state index in [1.54, 1.807) is 26.2 Å². The number of hydrogen-bond donors (Lipinski definition) is 2. The van der Waals surface area contributed by atoms with E-state index in [0.717, 1.165) is 15.4 Å². The fourth-order valence-corrected chi connectivity index (χ4v) is 7.41. The van der Waals surface area contributed by atoms with E-state index in [9.17, 15) is 23.1 Å². The average molecular weight is 592 g/mol. The molecule has 8 nitrogen and oxygen atoms in total. The number of carboxylic acid groups (broad SMARTS) is 1. The van der Waals surface area contributed by atoms with Gasteiger partial charge in [-0.15, -0.1) is 0 Å². The SMILES string of the molecule is COc1ccccc1-c1ccc([C@@H](CC(=O)O)NC(=O)[C@]2(C)CCCN2S(=O)(=O)c2cc(Cl)cc(Cl)c2)cc1. The summed E-state index contributed by atoms with van der Waals surface area (Å²) in [6.45, 7) is 1.66. The van der Waals surface area contributed by atoms with Crippen LogP contribution in [-0.4, -0.2) is 48.9 Å². The number of methoxy groups -OCH3 is 1.